The molecule has 0 aliphatic heterocycles. The molecule has 0 unspecified atom stereocenters. The van der Waals surface area contributed by atoms with Crippen LogP contribution >= 0.6 is 0 Å². The number of fused-ring (bicyclic) bond motifs is 1. The number of aromatic nitrogens is 1. The Morgan fingerprint density at radius 3 is 2.68 bits per heavy atom. The van der Waals surface area contributed by atoms with E-state index >= 15 is 0 Å². The summed E-state index contributed by atoms with van der Waals surface area (Å²) in [6, 6.07) is 10.3. The first-order valence-electron chi connectivity index (χ1n) is 5.91. The van der Waals surface area contributed by atoms with Gasteiger partial charge in [-0.25, -0.2) is 4.79 Å². The molecule has 5 nitrogen and oxygen atoms in total. The molecule has 0 saturated heterocycles. The molecule has 2 aromatic rings. The first kappa shape index (κ1) is 13.0. The number of carbonyl (C=O) groups is 2. The van der Waals surface area contributed by atoms with Crippen LogP contribution in [0.1, 0.15) is 12.6 Å². The first-order valence-corrected chi connectivity index (χ1v) is 5.91. The van der Waals surface area contributed by atoms with E-state index in [0.29, 0.717) is 5.69 Å². The summed E-state index contributed by atoms with van der Waals surface area (Å²) < 4.78 is 0. The predicted octanol–water partition coefficient (Wildman–Crippen LogP) is 1.37. The van der Waals surface area contributed by atoms with Gasteiger partial charge in [-0.3, -0.25) is 9.78 Å². The van der Waals surface area contributed by atoms with Crippen LogP contribution in [0.5, 0.6) is 0 Å². The lowest BCUT2D eigenvalue weighted by Crippen LogP contribution is -2.41. The lowest BCUT2D eigenvalue weighted by molar-refractivity contribution is -0.141. The third-order valence-corrected chi connectivity index (χ3v) is 2.74. The molecule has 5 heteroatoms. The van der Waals surface area contributed by atoms with Crippen molar-refractivity contribution < 1.29 is 14.7 Å². The van der Waals surface area contributed by atoms with Gasteiger partial charge in [0.15, 0.2) is 0 Å². The van der Waals surface area contributed by atoms with Crippen LogP contribution in [-0.4, -0.2) is 28.0 Å². The Balaban J connectivity index is 2.23. The van der Waals surface area contributed by atoms with E-state index in [2.05, 4.69) is 10.3 Å². The minimum absolute atomic E-state index is 0.166. The number of carboxylic acids is 1. The normalized spacial score (nSPS) is 12.1. The van der Waals surface area contributed by atoms with Gasteiger partial charge in [0.25, 0.3) is 0 Å². The predicted molar refractivity (Wildman–Crippen MR) is 70.7 cm³/mol. The van der Waals surface area contributed by atoms with Gasteiger partial charge in [-0.15, -0.1) is 0 Å². The Bertz CT molecular complexity index is 625. The molecule has 98 valence electrons. The second-order valence-electron chi connectivity index (χ2n) is 4.29. The van der Waals surface area contributed by atoms with Gasteiger partial charge in [-0.1, -0.05) is 24.3 Å². The van der Waals surface area contributed by atoms with Gasteiger partial charge in [0.2, 0.25) is 5.91 Å². The van der Waals surface area contributed by atoms with Crippen molar-refractivity contribution in [3.8, 4) is 0 Å². The zero-order valence-corrected chi connectivity index (χ0v) is 10.5. The number of benzene rings is 1. The molecule has 0 spiro atoms. The maximum Gasteiger partial charge on any atom is 0.326 e. The van der Waals surface area contributed by atoms with Gasteiger partial charge in [0.05, 0.1) is 5.52 Å². The van der Waals surface area contributed by atoms with Crippen molar-refractivity contribution >= 4 is 22.8 Å². The highest BCUT2D eigenvalue weighted by atomic mass is 16.4. The van der Waals surface area contributed by atoms with Crippen molar-refractivity contribution in [2.75, 3.05) is 0 Å². The largest absolute Gasteiger partial charge is 0.480 e. The van der Waals surface area contributed by atoms with Crippen molar-refractivity contribution in [2.24, 2.45) is 0 Å². The standard InChI is InChI=1S/C14H14N2O3/c1-9(17)15-13(14(18)19)8-11-7-6-10-4-2-3-5-12(10)16-11/h2-7,13H,8H2,1H3,(H,15,17)(H,18,19)/t13-/m0/s1. The SMILES string of the molecule is CC(=O)N[C@@H](Cc1ccc2ccccc2n1)C(=O)O. The van der Waals surface area contributed by atoms with Crippen molar-refractivity contribution in [1.29, 1.82) is 0 Å². The number of aliphatic carboxylic acids is 1. The van der Waals surface area contributed by atoms with E-state index in [4.69, 9.17) is 5.11 Å². The Labute approximate surface area is 110 Å². The summed E-state index contributed by atoms with van der Waals surface area (Å²) in [4.78, 5) is 26.4. The second-order valence-corrected chi connectivity index (χ2v) is 4.29. The van der Waals surface area contributed by atoms with Crippen LogP contribution in [0.15, 0.2) is 36.4 Å². The molecular weight excluding hydrogens is 244 g/mol. The van der Waals surface area contributed by atoms with E-state index in [1.165, 1.54) is 6.92 Å². The summed E-state index contributed by atoms with van der Waals surface area (Å²) in [5.41, 5.74) is 1.45. The van der Waals surface area contributed by atoms with Crippen molar-refractivity contribution in [3.05, 3.63) is 42.1 Å². The highest BCUT2D eigenvalue weighted by Crippen LogP contribution is 2.12. The monoisotopic (exact) mass is 258 g/mol. The molecule has 2 rings (SSSR count). The van der Waals surface area contributed by atoms with Crippen LogP contribution < -0.4 is 5.32 Å². The van der Waals surface area contributed by atoms with Crippen LogP contribution in [0.2, 0.25) is 0 Å². The van der Waals surface area contributed by atoms with Gasteiger partial charge in [0, 0.05) is 24.4 Å². The third kappa shape index (κ3) is 3.28. The number of hydrogen-bond acceptors (Lipinski definition) is 3. The van der Waals surface area contributed by atoms with E-state index in [9.17, 15) is 9.59 Å². The molecule has 0 bridgehead atoms. The number of hydrogen-bond donors (Lipinski definition) is 2. The number of nitrogens with zero attached hydrogens (tertiary/aromatic N) is 1. The van der Waals surface area contributed by atoms with E-state index in [1.54, 1.807) is 6.07 Å². The van der Waals surface area contributed by atoms with Gasteiger partial charge >= 0.3 is 5.97 Å². The van der Waals surface area contributed by atoms with Crippen LogP contribution in [-0.2, 0) is 16.0 Å². The van der Waals surface area contributed by atoms with E-state index < -0.39 is 12.0 Å². The smallest absolute Gasteiger partial charge is 0.326 e. The van der Waals surface area contributed by atoms with Crippen LogP contribution in [0.4, 0.5) is 0 Å². The highest BCUT2D eigenvalue weighted by Gasteiger charge is 2.19. The summed E-state index contributed by atoms with van der Waals surface area (Å²) in [7, 11) is 0. The summed E-state index contributed by atoms with van der Waals surface area (Å²) in [5, 5.41) is 12.4. The molecule has 0 radical (unpaired) electrons. The van der Waals surface area contributed by atoms with Crippen molar-refractivity contribution in [3.63, 3.8) is 0 Å². The molecule has 1 aromatic carbocycles. The summed E-state index contributed by atoms with van der Waals surface area (Å²) >= 11 is 0. The molecular formula is C14H14N2O3. The fourth-order valence-electron chi connectivity index (χ4n) is 1.88. The maximum atomic E-state index is 11.1. The minimum atomic E-state index is -1.06. The van der Waals surface area contributed by atoms with Gasteiger partial charge in [-0.05, 0) is 12.1 Å². The second kappa shape index (κ2) is 5.48. The van der Waals surface area contributed by atoms with Crippen LogP contribution in [0.25, 0.3) is 10.9 Å². The fourth-order valence-corrected chi connectivity index (χ4v) is 1.88. The molecule has 0 aliphatic rings. The summed E-state index contributed by atoms with van der Waals surface area (Å²) in [5.74, 6) is -1.43. The van der Waals surface area contributed by atoms with Crippen molar-refractivity contribution in [2.45, 2.75) is 19.4 Å². The summed E-state index contributed by atoms with van der Waals surface area (Å²) in [6.07, 6.45) is 0.166. The van der Waals surface area contributed by atoms with Crippen LogP contribution in [0.3, 0.4) is 0 Å². The number of carbonyl (C=O) groups excluding carboxylic acids is 1. The Kier molecular flexibility index (Phi) is 3.75. The molecule has 1 aromatic heterocycles. The maximum absolute atomic E-state index is 11.1. The van der Waals surface area contributed by atoms with Gasteiger partial charge in [-0.2, -0.15) is 0 Å². The van der Waals surface area contributed by atoms with Gasteiger partial charge in [0.1, 0.15) is 6.04 Å². The highest BCUT2D eigenvalue weighted by molar-refractivity contribution is 5.82. The molecule has 1 amide bonds. The zero-order chi connectivity index (χ0) is 13.8. The molecule has 2 N–H and O–H groups in total. The van der Waals surface area contributed by atoms with Crippen molar-refractivity contribution in [1.82, 2.24) is 10.3 Å². The fraction of sp³-hybridized carbons (Fsp3) is 0.214. The quantitative estimate of drug-likeness (QED) is 0.868. The lowest BCUT2D eigenvalue weighted by Gasteiger charge is -2.12. The average molecular weight is 258 g/mol. The average Bonchev–Trinajstić information content (AvgIpc) is 2.37. The third-order valence-electron chi connectivity index (χ3n) is 2.74. The number of carboxylic acid groups (broad SMARTS) is 1. The zero-order valence-electron chi connectivity index (χ0n) is 10.5. The molecule has 0 aliphatic carbocycles. The molecule has 0 fully saturated rings. The number of amides is 1. The lowest BCUT2D eigenvalue weighted by atomic mass is 10.1. The number of pyridine rings is 1. The topological polar surface area (TPSA) is 79.3 Å². The minimum Gasteiger partial charge on any atom is -0.480 e. The number of rotatable bonds is 4. The summed E-state index contributed by atoms with van der Waals surface area (Å²) in [6.45, 7) is 1.30. The van der Waals surface area contributed by atoms with Gasteiger partial charge < -0.3 is 10.4 Å². The number of para-hydroxylation sites is 1. The molecule has 1 atom stereocenters. The Morgan fingerprint density at radius 2 is 2.00 bits per heavy atom. The van der Waals surface area contributed by atoms with Crippen LogP contribution in [0, 0.1) is 0 Å². The Morgan fingerprint density at radius 1 is 1.26 bits per heavy atom. The van der Waals surface area contributed by atoms with E-state index in [0.717, 1.165) is 10.9 Å². The van der Waals surface area contributed by atoms with E-state index in [1.807, 2.05) is 30.3 Å². The number of nitrogens with one attached hydrogen (secondary N) is 1. The first-order chi connectivity index (χ1) is 9.06. The van der Waals surface area contributed by atoms with E-state index in [-0.39, 0.29) is 12.3 Å². The molecule has 0 saturated carbocycles. The molecule has 19 heavy (non-hydrogen) atoms. The Hall–Kier alpha value is -2.43. The molecule has 1 heterocycles.